The molecule has 0 saturated heterocycles. The highest BCUT2D eigenvalue weighted by atomic mass is 79.9. The van der Waals surface area contributed by atoms with E-state index >= 15 is 0 Å². The lowest BCUT2D eigenvalue weighted by molar-refractivity contribution is -0.140. The minimum absolute atomic E-state index is 0.00859. The molecule has 1 aromatic rings. The first-order valence-corrected chi connectivity index (χ1v) is 4.90. The summed E-state index contributed by atoms with van der Waals surface area (Å²) < 4.78 is 49.9. The minimum atomic E-state index is -4.63. The van der Waals surface area contributed by atoms with Gasteiger partial charge in [0, 0.05) is 5.33 Å². The maximum Gasteiger partial charge on any atom is 0.419 e. The van der Waals surface area contributed by atoms with Gasteiger partial charge >= 0.3 is 6.18 Å². The summed E-state index contributed by atoms with van der Waals surface area (Å²) in [5.41, 5.74) is -0.780. The zero-order valence-corrected chi connectivity index (χ0v) is 8.84. The summed E-state index contributed by atoms with van der Waals surface area (Å²) in [6.45, 7) is 1.32. The fourth-order valence-electron chi connectivity index (χ4n) is 1.13. The van der Waals surface area contributed by atoms with Gasteiger partial charge in [-0.15, -0.1) is 0 Å². The van der Waals surface area contributed by atoms with Gasteiger partial charge in [-0.2, -0.15) is 13.2 Å². The van der Waals surface area contributed by atoms with E-state index in [0.717, 1.165) is 6.07 Å². The highest BCUT2D eigenvalue weighted by molar-refractivity contribution is 9.08. The lowest BCUT2D eigenvalue weighted by Gasteiger charge is -2.11. The Morgan fingerprint density at radius 3 is 2.29 bits per heavy atom. The van der Waals surface area contributed by atoms with Crippen molar-refractivity contribution in [2.75, 3.05) is 0 Å². The van der Waals surface area contributed by atoms with Crippen LogP contribution < -0.4 is 0 Å². The molecule has 1 rings (SSSR count). The molecule has 0 aromatic heterocycles. The Morgan fingerprint density at radius 1 is 1.29 bits per heavy atom. The number of halogens is 5. The number of hydrogen-bond acceptors (Lipinski definition) is 0. The molecule has 0 atom stereocenters. The second-order valence-electron chi connectivity index (χ2n) is 2.91. The van der Waals surface area contributed by atoms with Crippen LogP contribution in [-0.4, -0.2) is 0 Å². The number of alkyl halides is 4. The van der Waals surface area contributed by atoms with Crippen LogP contribution in [0.1, 0.15) is 16.7 Å². The summed E-state index contributed by atoms with van der Waals surface area (Å²) >= 11 is 3.03. The van der Waals surface area contributed by atoms with Gasteiger partial charge in [0.25, 0.3) is 0 Å². The molecule has 5 heteroatoms. The van der Waals surface area contributed by atoms with Gasteiger partial charge < -0.3 is 0 Å². The van der Waals surface area contributed by atoms with E-state index in [1.165, 1.54) is 13.0 Å². The standard InChI is InChI=1S/C9H7BrF4/c1-5-2-6(4-10)3-7(8(5)11)9(12,13)14/h2-3H,4H2,1H3. The minimum Gasteiger partial charge on any atom is -0.206 e. The smallest absolute Gasteiger partial charge is 0.206 e. The van der Waals surface area contributed by atoms with Gasteiger partial charge in [-0.1, -0.05) is 22.0 Å². The van der Waals surface area contributed by atoms with Crippen LogP contribution >= 0.6 is 15.9 Å². The van der Waals surface area contributed by atoms with Gasteiger partial charge in [0.15, 0.2) is 0 Å². The Morgan fingerprint density at radius 2 is 1.86 bits per heavy atom. The van der Waals surface area contributed by atoms with Crippen molar-refractivity contribution in [3.8, 4) is 0 Å². The van der Waals surface area contributed by atoms with Crippen molar-refractivity contribution in [3.05, 3.63) is 34.6 Å². The molecule has 0 fully saturated rings. The molecule has 0 spiro atoms. The summed E-state index contributed by atoms with van der Waals surface area (Å²) in [5, 5.41) is 0.275. The third-order valence-corrected chi connectivity index (χ3v) is 2.42. The topological polar surface area (TPSA) is 0 Å². The van der Waals surface area contributed by atoms with E-state index in [1.807, 2.05) is 0 Å². The van der Waals surface area contributed by atoms with E-state index in [2.05, 4.69) is 15.9 Å². The molecule has 0 aliphatic rings. The summed E-state index contributed by atoms with van der Waals surface area (Å²) in [7, 11) is 0. The van der Waals surface area contributed by atoms with Crippen LogP contribution in [0.4, 0.5) is 17.6 Å². The van der Waals surface area contributed by atoms with Crippen molar-refractivity contribution in [2.45, 2.75) is 18.4 Å². The number of hydrogen-bond donors (Lipinski definition) is 0. The van der Waals surface area contributed by atoms with Gasteiger partial charge in [0.2, 0.25) is 0 Å². The molecule has 0 unspecified atom stereocenters. The number of aryl methyl sites for hydroxylation is 1. The molecule has 78 valence electrons. The summed E-state index contributed by atoms with van der Waals surface area (Å²) in [5.74, 6) is -1.19. The molecular weight excluding hydrogens is 264 g/mol. The zero-order chi connectivity index (χ0) is 10.9. The van der Waals surface area contributed by atoms with Crippen molar-refractivity contribution < 1.29 is 17.6 Å². The lowest BCUT2D eigenvalue weighted by Crippen LogP contribution is -2.10. The van der Waals surface area contributed by atoms with Gasteiger partial charge in [-0.3, -0.25) is 0 Å². The predicted octanol–water partition coefficient (Wildman–Crippen LogP) is 4.05. The summed E-state index contributed by atoms with van der Waals surface area (Å²) in [6.07, 6.45) is -4.63. The molecule has 0 bridgehead atoms. The molecule has 0 aliphatic carbocycles. The maximum atomic E-state index is 13.1. The molecule has 0 nitrogen and oxygen atoms in total. The van der Waals surface area contributed by atoms with Crippen molar-refractivity contribution in [1.29, 1.82) is 0 Å². The Hall–Kier alpha value is -0.580. The monoisotopic (exact) mass is 270 g/mol. The average Bonchev–Trinajstić information content (AvgIpc) is 2.07. The summed E-state index contributed by atoms with van der Waals surface area (Å²) in [4.78, 5) is 0. The van der Waals surface area contributed by atoms with Crippen LogP contribution in [0.2, 0.25) is 0 Å². The van der Waals surface area contributed by atoms with Gasteiger partial charge in [0.1, 0.15) is 5.82 Å². The lowest BCUT2D eigenvalue weighted by atomic mass is 10.1. The Labute approximate surface area is 87.1 Å². The quantitative estimate of drug-likeness (QED) is 0.534. The first-order valence-electron chi connectivity index (χ1n) is 3.78. The normalized spacial score (nSPS) is 11.9. The van der Waals surface area contributed by atoms with Gasteiger partial charge in [-0.05, 0) is 24.1 Å². The third-order valence-electron chi connectivity index (χ3n) is 1.77. The highest BCUT2D eigenvalue weighted by Crippen LogP contribution is 2.33. The molecule has 14 heavy (non-hydrogen) atoms. The second kappa shape index (κ2) is 3.88. The molecule has 0 saturated carbocycles. The Bertz CT molecular complexity index is 343. The molecule has 0 amide bonds. The van der Waals surface area contributed by atoms with Crippen LogP contribution in [0.25, 0.3) is 0 Å². The third kappa shape index (κ3) is 2.26. The van der Waals surface area contributed by atoms with E-state index in [0.29, 0.717) is 5.56 Å². The average molecular weight is 271 g/mol. The van der Waals surface area contributed by atoms with Crippen molar-refractivity contribution in [1.82, 2.24) is 0 Å². The van der Waals surface area contributed by atoms with Crippen molar-refractivity contribution >= 4 is 15.9 Å². The van der Waals surface area contributed by atoms with E-state index in [-0.39, 0.29) is 10.9 Å². The van der Waals surface area contributed by atoms with Gasteiger partial charge in [-0.25, -0.2) is 4.39 Å². The van der Waals surface area contributed by atoms with E-state index < -0.39 is 17.6 Å². The fraction of sp³-hybridized carbons (Fsp3) is 0.333. The second-order valence-corrected chi connectivity index (χ2v) is 3.47. The van der Waals surface area contributed by atoms with Crippen LogP contribution in [0.3, 0.4) is 0 Å². The number of rotatable bonds is 1. The van der Waals surface area contributed by atoms with Crippen LogP contribution in [0, 0.1) is 12.7 Å². The maximum absolute atomic E-state index is 13.1. The zero-order valence-electron chi connectivity index (χ0n) is 7.25. The van der Waals surface area contributed by atoms with E-state index in [4.69, 9.17) is 0 Å². The highest BCUT2D eigenvalue weighted by Gasteiger charge is 2.34. The SMILES string of the molecule is Cc1cc(CBr)cc(C(F)(F)F)c1F. The van der Waals surface area contributed by atoms with Gasteiger partial charge in [0.05, 0.1) is 5.56 Å². The van der Waals surface area contributed by atoms with Crippen molar-refractivity contribution in [3.63, 3.8) is 0 Å². The molecule has 0 heterocycles. The van der Waals surface area contributed by atoms with Crippen LogP contribution in [0.15, 0.2) is 12.1 Å². The first-order chi connectivity index (χ1) is 6.36. The van der Waals surface area contributed by atoms with E-state index in [1.54, 1.807) is 0 Å². The molecule has 0 radical (unpaired) electrons. The molecule has 1 aromatic carbocycles. The molecule has 0 N–H and O–H groups in total. The summed E-state index contributed by atoms with van der Waals surface area (Å²) in [6, 6.07) is 2.20. The molecule has 0 aliphatic heterocycles. The van der Waals surface area contributed by atoms with Crippen molar-refractivity contribution in [2.24, 2.45) is 0 Å². The van der Waals surface area contributed by atoms with Crippen LogP contribution in [-0.2, 0) is 11.5 Å². The predicted molar refractivity (Wildman–Crippen MR) is 48.8 cm³/mol. The largest absolute Gasteiger partial charge is 0.419 e. The number of benzene rings is 1. The van der Waals surface area contributed by atoms with Crippen LogP contribution in [0.5, 0.6) is 0 Å². The molecular formula is C9H7BrF4. The Kier molecular flexibility index (Phi) is 3.19. The Balaban J connectivity index is 3.35. The van der Waals surface area contributed by atoms with E-state index in [9.17, 15) is 17.6 Å². The first kappa shape index (κ1) is 11.5. The fourth-order valence-corrected chi connectivity index (χ4v) is 1.45.